The summed E-state index contributed by atoms with van der Waals surface area (Å²) in [6.07, 6.45) is 0. The molecule has 0 heterocycles. The van der Waals surface area contributed by atoms with Crippen molar-refractivity contribution in [3.63, 3.8) is 0 Å². The van der Waals surface area contributed by atoms with Crippen LogP contribution in [0.4, 0.5) is 0 Å². The maximum absolute atomic E-state index is 9.58. The molecule has 0 unspecified atom stereocenters. The van der Waals surface area contributed by atoms with Crippen molar-refractivity contribution in [1.29, 1.82) is 0 Å². The first-order valence-electron chi connectivity index (χ1n) is 6.01. The van der Waals surface area contributed by atoms with Gasteiger partial charge >= 0.3 is 0 Å². The van der Waals surface area contributed by atoms with Gasteiger partial charge in [-0.25, -0.2) is 0 Å². The summed E-state index contributed by atoms with van der Waals surface area (Å²) in [5.74, 6) is 0. The Morgan fingerprint density at radius 1 is 1.24 bits per heavy atom. The van der Waals surface area contributed by atoms with Gasteiger partial charge in [-0.05, 0) is 35.2 Å². The molecule has 1 radical (unpaired) electrons. The molecule has 0 amide bonds. The average molecular weight is 251 g/mol. The molecule has 0 bridgehead atoms. The lowest BCUT2D eigenvalue weighted by Gasteiger charge is -2.24. The molecule has 1 aromatic carbocycles. The molecular formula is C14H23O2Si. The van der Waals surface area contributed by atoms with Gasteiger partial charge in [-0.15, -0.1) is 0 Å². The van der Waals surface area contributed by atoms with Crippen molar-refractivity contribution in [2.24, 2.45) is 0 Å². The van der Waals surface area contributed by atoms with Crippen LogP contribution in [0.5, 0.6) is 0 Å². The number of rotatable bonds is 4. The molecule has 0 fully saturated rings. The zero-order valence-corrected chi connectivity index (χ0v) is 12.5. The Kier molecular flexibility index (Phi) is 4.92. The molecule has 1 N–H and O–H groups in total. The van der Waals surface area contributed by atoms with Crippen LogP contribution in [-0.2, 0) is 23.1 Å². The lowest BCUT2D eigenvalue weighted by molar-refractivity contribution is 0.267. The van der Waals surface area contributed by atoms with Gasteiger partial charge in [0, 0.05) is 0 Å². The van der Waals surface area contributed by atoms with E-state index in [2.05, 4.69) is 46.0 Å². The molecule has 17 heavy (non-hydrogen) atoms. The molecule has 0 saturated heterocycles. The summed E-state index contributed by atoms with van der Waals surface area (Å²) in [7, 11) is -0.686. The standard InChI is InChI=1S/C14H23O2Si/c1-14(2,3)13-8-6-7-11(12(13)9-15)10-16-17(4)5/h6-8,15H,9-10H2,1-5H3. The minimum absolute atomic E-state index is 0.0558. The van der Waals surface area contributed by atoms with E-state index < -0.39 is 9.04 Å². The minimum Gasteiger partial charge on any atom is -0.413 e. The second kappa shape index (κ2) is 5.80. The highest BCUT2D eigenvalue weighted by Crippen LogP contribution is 2.28. The maximum atomic E-state index is 9.58. The zero-order chi connectivity index (χ0) is 13.1. The van der Waals surface area contributed by atoms with Crippen LogP contribution in [0.1, 0.15) is 37.5 Å². The lowest BCUT2D eigenvalue weighted by atomic mass is 9.82. The van der Waals surface area contributed by atoms with Gasteiger partial charge in [0.25, 0.3) is 0 Å². The fourth-order valence-corrected chi connectivity index (χ4v) is 2.33. The number of aliphatic hydroxyl groups excluding tert-OH is 1. The SMILES string of the molecule is C[Si](C)OCc1cccc(C(C)(C)C)c1CO. The molecule has 1 rings (SSSR count). The van der Waals surface area contributed by atoms with E-state index in [4.69, 9.17) is 4.43 Å². The van der Waals surface area contributed by atoms with Gasteiger partial charge in [-0.3, -0.25) is 0 Å². The van der Waals surface area contributed by atoms with Crippen LogP contribution in [0.15, 0.2) is 18.2 Å². The summed E-state index contributed by atoms with van der Waals surface area (Å²) in [6.45, 7) is 11.4. The molecule has 0 aromatic heterocycles. The third-order valence-electron chi connectivity index (χ3n) is 2.76. The van der Waals surface area contributed by atoms with Gasteiger partial charge < -0.3 is 9.53 Å². The Morgan fingerprint density at radius 3 is 2.35 bits per heavy atom. The quantitative estimate of drug-likeness (QED) is 0.832. The number of aliphatic hydroxyl groups is 1. The van der Waals surface area contributed by atoms with E-state index in [-0.39, 0.29) is 12.0 Å². The lowest BCUT2D eigenvalue weighted by Crippen LogP contribution is -2.17. The molecule has 0 spiro atoms. The van der Waals surface area contributed by atoms with E-state index >= 15 is 0 Å². The summed E-state index contributed by atoms with van der Waals surface area (Å²) in [6, 6.07) is 6.20. The second-order valence-corrected chi connectivity index (χ2v) is 7.65. The van der Waals surface area contributed by atoms with Crippen LogP contribution in [0, 0.1) is 0 Å². The fourth-order valence-electron chi connectivity index (χ4n) is 1.88. The Labute approximate surface area is 106 Å². The van der Waals surface area contributed by atoms with E-state index in [9.17, 15) is 5.11 Å². The van der Waals surface area contributed by atoms with Gasteiger partial charge in [0.15, 0.2) is 0 Å². The highest BCUT2D eigenvalue weighted by atomic mass is 28.3. The Balaban J connectivity index is 3.06. The van der Waals surface area contributed by atoms with Gasteiger partial charge in [0.05, 0.1) is 13.2 Å². The van der Waals surface area contributed by atoms with Crippen molar-refractivity contribution in [1.82, 2.24) is 0 Å². The summed E-state index contributed by atoms with van der Waals surface area (Å²) in [5.41, 5.74) is 3.41. The summed E-state index contributed by atoms with van der Waals surface area (Å²) >= 11 is 0. The van der Waals surface area contributed by atoms with Crippen LogP contribution in [0.25, 0.3) is 0 Å². The van der Waals surface area contributed by atoms with Crippen molar-refractivity contribution in [3.8, 4) is 0 Å². The molecule has 0 saturated carbocycles. The molecule has 0 aliphatic rings. The van der Waals surface area contributed by atoms with E-state index in [0.29, 0.717) is 6.61 Å². The van der Waals surface area contributed by atoms with E-state index in [0.717, 1.165) is 11.1 Å². The summed E-state index contributed by atoms with van der Waals surface area (Å²) < 4.78 is 5.73. The Hall–Kier alpha value is -0.643. The number of benzene rings is 1. The van der Waals surface area contributed by atoms with Crippen LogP contribution >= 0.6 is 0 Å². The predicted octanol–water partition coefficient (Wildman–Crippen LogP) is 3.24. The first-order valence-corrected chi connectivity index (χ1v) is 8.42. The monoisotopic (exact) mass is 251 g/mol. The van der Waals surface area contributed by atoms with Crippen LogP contribution in [-0.4, -0.2) is 14.1 Å². The van der Waals surface area contributed by atoms with Gasteiger partial charge in [0.2, 0.25) is 9.04 Å². The van der Waals surface area contributed by atoms with Gasteiger partial charge in [-0.1, -0.05) is 39.0 Å². The van der Waals surface area contributed by atoms with E-state index in [1.54, 1.807) is 0 Å². The van der Waals surface area contributed by atoms with Crippen LogP contribution in [0.2, 0.25) is 13.1 Å². The van der Waals surface area contributed by atoms with E-state index in [1.165, 1.54) is 5.56 Å². The molecule has 1 aromatic rings. The predicted molar refractivity (Wildman–Crippen MR) is 73.3 cm³/mol. The number of hydrogen-bond donors (Lipinski definition) is 1. The van der Waals surface area contributed by atoms with Gasteiger partial charge in [-0.2, -0.15) is 0 Å². The summed E-state index contributed by atoms with van der Waals surface area (Å²) in [4.78, 5) is 0. The fraction of sp³-hybridized carbons (Fsp3) is 0.571. The zero-order valence-electron chi connectivity index (χ0n) is 11.5. The maximum Gasteiger partial charge on any atom is 0.205 e. The van der Waals surface area contributed by atoms with E-state index in [1.807, 2.05) is 6.07 Å². The minimum atomic E-state index is -0.686. The normalized spacial score (nSPS) is 12.2. The molecule has 3 heteroatoms. The Morgan fingerprint density at radius 2 is 1.88 bits per heavy atom. The van der Waals surface area contributed by atoms with Crippen LogP contribution in [0.3, 0.4) is 0 Å². The van der Waals surface area contributed by atoms with Crippen LogP contribution < -0.4 is 0 Å². The third-order valence-corrected chi connectivity index (χ3v) is 3.48. The molecular weight excluding hydrogens is 228 g/mol. The molecule has 0 aliphatic heterocycles. The first kappa shape index (κ1) is 14.4. The topological polar surface area (TPSA) is 29.5 Å². The average Bonchev–Trinajstić information content (AvgIpc) is 2.24. The third kappa shape index (κ3) is 3.94. The van der Waals surface area contributed by atoms with Crippen molar-refractivity contribution in [2.45, 2.75) is 52.5 Å². The Bertz CT molecular complexity index is 367. The molecule has 0 atom stereocenters. The molecule has 2 nitrogen and oxygen atoms in total. The second-order valence-electron chi connectivity index (χ2n) is 5.55. The van der Waals surface area contributed by atoms with Crippen molar-refractivity contribution >= 4 is 9.04 Å². The summed E-state index contributed by atoms with van der Waals surface area (Å²) in [5, 5.41) is 9.58. The largest absolute Gasteiger partial charge is 0.413 e. The molecule has 0 aliphatic carbocycles. The van der Waals surface area contributed by atoms with Crippen molar-refractivity contribution < 1.29 is 9.53 Å². The number of hydrogen-bond acceptors (Lipinski definition) is 2. The highest BCUT2D eigenvalue weighted by Gasteiger charge is 2.19. The highest BCUT2D eigenvalue weighted by molar-refractivity contribution is 6.48. The van der Waals surface area contributed by atoms with Crippen molar-refractivity contribution in [3.05, 3.63) is 34.9 Å². The van der Waals surface area contributed by atoms with Gasteiger partial charge in [0.1, 0.15) is 0 Å². The van der Waals surface area contributed by atoms with Crippen molar-refractivity contribution in [2.75, 3.05) is 0 Å². The first-order chi connectivity index (χ1) is 7.86. The molecule has 95 valence electrons. The smallest absolute Gasteiger partial charge is 0.205 e.